The Morgan fingerprint density at radius 3 is 0.789 bits per heavy atom. The maximum absolute atomic E-state index is 2.34. The van der Waals surface area contributed by atoms with E-state index in [0.29, 0.717) is 0 Å². The van der Waals surface area contributed by atoms with Gasteiger partial charge in [-0.3, -0.25) is 0 Å². The molecule has 38 heavy (non-hydrogen) atoms. The van der Waals surface area contributed by atoms with Crippen molar-refractivity contribution in [2.45, 2.75) is 12.8 Å². The van der Waals surface area contributed by atoms with E-state index in [4.69, 9.17) is 0 Å². The maximum atomic E-state index is 2.34. The summed E-state index contributed by atoms with van der Waals surface area (Å²) in [5.41, 5.74) is 2.85. The van der Waals surface area contributed by atoms with Gasteiger partial charge in [0, 0.05) is 0 Å². The standard InChI is InChI=1S/C38H26/c1-3-15-31-27(13-1)29-17-5-7-19-33(29)37-25(11-9-21-35(31)37)23-24-26-12-10-22-36-32-16-4-2-14-28(32)30-18-6-8-20-34(30)38(26)36/h1-22H,23-24H2. The predicted molar refractivity (Wildman–Crippen MR) is 165 cm³/mol. The van der Waals surface area contributed by atoms with E-state index in [-0.39, 0.29) is 0 Å². The van der Waals surface area contributed by atoms with Gasteiger partial charge in [-0.25, -0.2) is 0 Å². The molecule has 0 aliphatic heterocycles. The van der Waals surface area contributed by atoms with Gasteiger partial charge >= 0.3 is 0 Å². The maximum Gasteiger partial charge on any atom is -0.00667 e. The monoisotopic (exact) mass is 482 g/mol. The fourth-order valence-corrected chi connectivity index (χ4v) is 6.75. The second-order valence-corrected chi connectivity index (χ2v) is 10.4. The second kappa shape index (κ2) is 8.43. The summed E-state index contributed by atoms with van der Waals surface area (Å²) < 4.78 is 0. The SMILES string of the molecule is c1ccc2c(c1)c1ccccc1c1c(CCc3cccc4c5ccccc5c5ccccc5c34)cccc21. The highest BCUT2D eigenvalue weighted by molar-refractivity contribution is 6.27. The molecule has 0 nitrogen and oxygen atoms in total. The van der Waals surface area contributed by atoms with E-state index in [1.807, 2.05) is 0 Å². The third kappa shape index (κ3) is 3.10. The fraction of sp³-hybridized carbons (Fsp3) is 0.0526. The fourth-order valence-electron chi connectivity index (χ4n) is 6.75. The molecule has 178 valence electrons. The van der Waals surface area contributed by atoms with Crippen molar-refractivity contribution in [1.82, 2.24) is 0 Å². The van der Waals surface area contributed by atoms with Gasteiger partial charge in [0.05, 0.1) is 0 Å². The predicted octanol–water partition coefficient (Wildman–Crippen LogP) is 10.4. The lowest BCUT2D eigenvalue weighted by molar-refractivity contribution is 0.980. The molecule has 0 bridgehead atoms. The van der Waals surface area contributed by atoms with Crippen LogP contribution >= 0.6 is 0 Å². The lowest BCUT2D eigenvalue weighted by Crippen LogP contribution is -1.96. The average molecular weight is 483 g/mol. The Morgan fingerprint density at radius 1 is 0.237 bits per heavy atom. The molecule has 0 unspecified atom stereocenters. The number of fused-ring (bicyclic) bond motifs is 12. The summed E-state index contributed by atoms with van der Waals surface area (Å²) in [6, 6.07) is 49.3. The molecule has 0 aromatic heterocycles. The van der Waals surface area contributed by atoms with Gasteiger partial charge in [0.15, 0.2) is 0 Å². The zero-order valence-electron chi connectivity index (χ0n) is 21.1. The zero-order valence-corrected chi connectivity index (χ0v) is 21.1. The van der Waals surface area contributed by atoms with Gasteiger partial charge < -0.3 is 0 Å². The van der Waals surface area contributed by atoms with Crippen molar-refractivity contribution in [3.63, 3.8) is 0 Å². The summed E-state index contributed by atoms with van der Waals surface area (Å²) in [4.78, 5) is 0. The smallest absolute Gasteiger partial charge is 0.00667 e. The van der Waals surface area contributed by atoms with Crippen LogP contribution in [0.4, 0.5) is 0 Å². The number of rotatable bonds is 3. The summed E-state index contributed by atoms with van der Waals surface area (Å²) in [5, 5.41) is 16.2. The Bertz CT molecular complexity index is 1930. The largest absolute Gasteiger partial charge is 0.0616 e. The lowest BCUT2D eigenvalue weighted by Gasteiger charge is -2.16. The molecule has 8 aromatic rings. The Morgan fingerprint density at radius 2 is 0.474 bits per heavy atom. The zero-order chi connectivity index (χ0) is 25.1. The van der Waals surface area contributed by atoms with E-state index in [0.717, 1.165) is 12.8 Å². The van der Waals surface area contributed by atoms with Crippen LogP contribution in [-0.4, -0.2) is 0 Å². The molecule has 0 N–H and O–H groups in total. The van der Waals surface area contributed by atoms with Crippen LogP contribution < -0.4 is 0 Å². The number of aryl methyl sites for hydroxylation is 2. The topological polar surface area (TPSA) is 0 Å². The highest BCUT2D eigenvalue weighted by atomic mass is 14.2. The van der Waals surface area contributed by atoms with E-state index in [9.17, 15) is 0 Å². The number of hydrogen-bond donors (Lipinski definition) is 0. The van der Waals surface area contributed by atoms with Crippen LogP contribution in [0, 0.1) is 0 Å². The first-order chi connectivity index (χ1) is 18.9. The first kappa shape index (κ1) is 21.4. The Balaban J connectivity index is 1.35. The minimum Gasteiger partial charge on any atom is -0.0616 e. The Kier molecular flexibility index (Phi) is 4.75. The first-order valence-electron chi connectivity index (χ1n) is 13.5. The normalized spacial score (nSPS) is 11.9. The molecule has 0 atom stereocenters. The first-order valence-corrected chi connectivity index (χ1v) is 13.5. The average Bonchev–Trinajstić information content (AvgIpc) is 3.00. The third-order valence-electron chi connectivity index (χ3n) is 8.37. The lowest BCUT2D eigenvalue weighted by atomic mass is 9.88. The molecule has 0 heteroatoms. The highest BCUT2D eigenvalue weighted by Gasteiger charge is 2.14. The van der Waals surface area contributed by atoms with Gasteiger partial charge in [-0.15, -0.1) is 0 Å². The molecule has 0 heterocycles. The van der Waals surface area contributed by atoms with Gasteiger partial charge in [0.25, 0.3) is 0 Å². The van der Waals surface area contributed by atoms with Crippen molar-refractivity contribution in [3.05, 3.63) is 145 Å². The van der Waals surface area contributed by atoms with Crippen LogP contribution in [0.1, 0.15) is 11.1 Å². The van der Waals surface area contributed by atoms with Crippen molar-refractivity contribution in [2.75, 3.05) is 0 Å². The Hall–Kier alpha value is -4.68. The van der Waals surface area contributed by atoms with Gasteiger partial charge in [-0.1, -0.05) is 133 Å². The van der Waals surface area contributed by atoms with Crippen molar-refractivity contribution in [3.8, 4) is 0 Å². The molecule has 0 aliphatic carbocycles. The van der Waals surface area contributed by atoms with E-state index in [2.05, 4.69) is 133 Å². The van der Waals surface area contributed by atoms with Crippen LogP contribution in [0.2, 0.25) is 0 Å². The van der Waals surface area contributed by atoms with Crippen molar-refractivity contribution in [2.24, 2.45) is 0 Å². The summed E-state index contributed by atoms with van der Waals surface area (Å²) in [7, 11) is 0. The van der Waals surface area contributed by atoms with Crippen LogP contribution in [-0.2, 0) is 12.8 Å². The third-order valence-corrected chi connectivity index (χ3v) is 8.37. The van der Waals surface area contributed by atoms with Crippen molar-refractivity contribution < 1.29 is 0 Å². The van der Waals surface area contributed by atoms with Crippen LogP contribution in [0.25, 0.3) is 64.6 Å². The van der Waals surface area contributed by atoms with Crippen LogP contribution in [0.15, 0.2) is 133 Å². The summed E-state index contributed by atoms with van der Waals surface area (Å²) in [6.45, 7) is 0. The highest BCUT2D eigenvalue weighted by Crippen LogP contribution is 2.39. The second-order valence-electron chi connectivity index (χ2n) is 10.4. The van der Waals surface area contributed by atoms with Crippen LogP contribution in [0.3, 0.4) is 0 Å². The molecular weight excluding hydrogens is 456 g/mol. The van der Waals surface area contributed by atoms with E-state index in [1.165, 1.54) is 75.8 Å². The number of hydrogen-bond acceptors (Lipinski definition) is 0. The van der Waals surface area contributed by atoms with Crippen molar-refractivity contribution in [1.29, 1.82) is 0 Å². The summed E-state index contributed by atoms with van der Waals surface area (Å²) in [6.07, 6.45) is 2.00. The van der Waals surface area contributed by atoms with Gasteiger partial charge in [0.2, 0.25) is 0 Å². The molecule has 8 rings (SSSR count). The molecule has 0 saturated heterocycles. The van der Waals surface area contributed by atoms with Crippen LogP contribution in [0.5, 0.6) is 0 Å². The van der Waals surface area contributed by atoms with Gasteiger partial charge in [-0.05, 0) is 88.6 Å². The van der Waals surface area contributed by atoms with Gasteiger partial charge in [-0.2, -0.15) is 0 Å². The van der Waals surface area contributed by atoms with E-state index in [1.54, 1.807) is 0 Å². The summed E-state index contributed by atoms with van der Waals surface area (Å²) >= 11 is 0. The molecule has 0 amide bonds. The minimum atomic E-state index is 1.000. The molecule has 8 aromatic carbocycles. The number of benzene rings is 8. The van der Waals surface area contributed by atoms with Crippen molar-refractivity contribution >= 4 is 64.6 Å². The molecular formula is C38H26. The molecule has 0 saturated carbocycles. The quantitative estimate of drug-likeness (QED) is 0.220. The minimum absolute atomic E-state index is 1.000. The molecule has 0 aliphatic rings. The van der Waals surface area contributed by atoms with E-state index >= 15 is 0 Å². The Labute approximate surface area is 221 Å². The van der Waals surface area contributed by atoms with E-state index < -0.39 is 0 Å². The summed E-state index contributed by atoms with van der Waals surface area (Å²) in [5.74, 6) is 0. The molecule has 0 spiro atoms. The van der Waals surface area contributed by atoms with Gasteiger partial charge in [0.1, 0.15) is 0 Å². The molecule has 0 fully saturated rings. The molecule has 0 radical (unpaired) electrons.